The molecule has 2 heterocycles. The molecule has 0 bridgehead atoms. The van der Waals surface area contributed by atoms with Gasteiger partial charge in [0.25, 0.3) is 0 Å². The van der Waals surface area contributed by atoms with E-state index < -0.39 is 0 Å². The topological polar surface area (TPSA) is 183 Å². The fourth-order valence-corrected chi connectivity index (χ4v) is 7.75. The lowest BCUT2D eigenvalue weighted by Crippen LogP contribution is -2.27. The summed E-state index contributed by atoms with van der Waals surface area (Å²) in [6, 6.07) is 0. The Labute approximate surface area is 344 Å². The van der Waals surface area contributed by atoms with Crippen LogP contribution in [0.25, 0.3) is 0 Å². The van der Waals surface area contributed by atoms with Gasteiger partial charge in [0.15, 0.2) is 0 Å². The summed E-state index contributed by atoms with van der Waals surface area (Å²) in [5.41, 5.74) is 0. The molecule has 0 spiro atoms. The summed E-state index contributed by atoms with van der Waals surface area (Å²) < 4.78 is 43.1. The molecule has 58 heavy (non-hydrogen) atoms. The highest BCUT2D eigenvalue weighted by atomic mass is 16.6. The standard InChI is InChI=1S/C44H70O14/c45-37(52-28-12-2-8-24-39(47)54-30-14-4-10-26-41(49)56-32-33-18-16-20-35-42(33)57-35)22-6-1-11-27-51-38(46)23-7-3-13-29-53-40(48)25-9-5-15-31-55-44(50)34-19-17-21-36-43(34)58-36/h33-36,42-43H,1-32H2. The minimum Gasteiger partial charge on any atom is -0.466 e. The second kappa shape index (κ2) is 28.3. The highest BCUT2D eigenvalue weighted by Crippen LogP contribution is 2.41. The molecule has 2 aliphatic carbocycles. The molecule has 0 aromatic carbocycles. The molecule has 330 valence electrons. The van der Waals surface area contributed by atoms with Crippen molar-refractivity contribution in [3.05, 3.63) is 0 Å². The zero-order valence-electron chi connectivity index (χ0n) is 34.8. The molecule has 2 aliphatic heterocycles. The average molecular weight is 823 g/mol. The molecule has 14 heteroatoms. The maximum absolute atomic E-state index is 12.2. The number of carbonyl (C=O) groups is 6. The van der Waals surface area contributed by atoms with E-state index in [0.717, 1.165) is 77.0 Å². The third-order valence-electron chi connectivity index (χ3n) is 11.4. The third kappa shape index (κ3) is 20.6. The van der Waals surface area contributed by atoms with Crippen molar-refractivity contribution >= 4 is 35.8 Å². The molecule has 0 aromatic rings. The predicted molar refractivity (Wildman–Crippen MR) is 210 cm³/mol. The SMILES string of the molecule is O=C(CCCCCOC(=O)CCCCCOC(=O)CCCCCOC(=O)C1CCCC2OC21)OCCCCCC(=O)OCCCCCC(=O)OCC1CCCC2OC12. The highest BCUT2D eigenvalue weighted by Gasteiger charge is 2.50. The van der Waals surface area contributed by atoms with E-state index in [9.17, 15) is 28.8 Å². The van der Waals surface area contributed by atoms with Crippen LogP contribution >= 0.6 is 0 Å². The van der Waals surface area contributed by atoms with Gasteiger partial charge in [-0.1, -0.05) is 6.42 Å². The molecule has 6 unspecified atom stereocenters. The quantitative estimate of drug-likeness (QED) is 0.0281. The molecule has 0 N–H and O–H groups in total. The first-order valence-corrected chi connectivity index (χ1v) is 22.6. The van der Waals surface area contributed by atoms with Gasteiger partial charge in [0.2, 0.25) is 0 Å². The monoisotopic (exact) mass is 822 g/mol. The number of esters is 6. The largest absolute Gasteiger partial charge is 0.466 e. The molecular formula is C44H70O14. The third-order valence-corrected chi connectivity index (χ3v) is 11.4. The van der Waals surface area contributed by atoms with E-state index >= 15 is 0 Å². The van der Waals surface area contributed by atoms with Crippen molar-refractivity contribution in [3.63, 3.8) is 0 Å². The van der Waals surface area contributed by atoms with Gasteiger partial charge in [0.1, 0.15) is 0 Å². The van der Waals surface area contributed by atoms with Crippen LogP contribution in [0.1, 0.15) is 167 Å². The van der Waals surface area contributed by atoms with Crippen molar-refractivity contribution in [2.75, 3.05) is 39.6 Å². The Morgan fingerprint density at radius 3 is 1.19 bits per heavy atom. The Kier molecular flexibility index (Phi) is 23.1. The van der Waals surface area contributed by atoms with E-state index in [0.29, 0.717) is 148 Å². The number of hydrogen-bond donors (Lipinski definition) is 0. The Bertz CT molecular complexity index is 1250. The fraction of sp³-hybridized carbons (Fsp3) is 0.864. The minimum absolute atomic E-state index is 0.0687. The van der Waals surface area contributed by atoms with Gasteiger partial charge in [0, 0.05) is 38.0 Å². The van der Waals surface area contributed by atoms with E-state index in [1.54, 1.807) is 0 Å². The van der Waals surface area contributed by atoms with Crippen LogP contribution in [0.15, 0.2) is 0 Å². The van der Waals surface area contributed by atoms with Crippen LogP contribution in [0.5, 0.6) is 0 Å². The zero-order chi connectivity index (χ0) is 41.2. The van der Waals surface area contributed by atoms with E-state index in [2.05, 4.69) is 0 Å². The molecule has 2 saturated carbocycles. The Balaban J connectivity index is 0.802. The van der Waals surface area contributed by atoms with Gasteiger partial charge in [-0.2, -0.15) is 0 Å². The molecule has 4 aliphatic rings. The second-order valence-corrected chi connectivity index (χ2v) is 16.3. The first kappa shape index (κ1) is 47.4. The number of rotatable bonds is 33. The fourth-order valence-electron chi connectivity index (χ4n) is 7.75. The lowest BCUT2D eigenvalue weighted by atomic mass is 9.89. The van der Waals surface area contributed by atoms with Crippen LogP contribution in [0.2, 0.25) is 0 Å². The van der Waals surface area contributed by atoms with Crippen molar-refractivity contribution < 1.29 is 66.7 Å². The summed E-state index contributed by atoms with van der Waals surface area (Å²) in [4.78, 5) is 72.1. The summed E-state index contributed by atoms with van der Waals surface area (Å²) in [6.45, 7) is 2.16. The Hall–Kier alpha value is -3.26. The number of ether oxygens (including phenoxy) is 8. The predicted octanol–water partition coefficient (Wildman–Crippen LogP) is 7.18. The van der Waals surface area contributed by atoms with E-state index in [4.69, 9.17) is 37.9 Å². The first-order chi connectivity index (χ1) is 28.3. The number of unbranched alkanes of at least 4 members (excludes halogenated alkanes) is 10. The van der Waals surface area contributed by atoms with Gasteiger partial charge in [-0.05, 0) is 128 Å². The van der Waals surface area contributed by atoms with Gasteiger partial charge in [0.05, 0.1) is 70.0 Å². The zero-order valence-corrected chi connectivity index (χ0v) is 34.8. The molecule has 0 aromatic heterocycles. The van der Waals surface area contributed by atoms with Crippen LogP contribution < -0.4 is 0 Å². The van der Waals surface area contributed by atoms with Crippen LogP contribution in [0.4, 0.5) is 0 Å². The molecule has 2 saturated heterocycles. The molecule has 0 radical (unpaired) electrons. The van der Waals surface area contributed by atoms with Gasteiger partial charge in [-0.15, -0.1) is 0 Å². The van der Waals surface area contributed by atoms with Gasteiger partial charge in [-0.25, -0.2) is 0 Å². The summed E-state index contributed by atoms with van der Waals surface area (Å²) in [7, 11) is 0. The summed E-state index contributed by atoms with van der Waals surface area (Å²) in [5, 5.41) is 0. The van der Waals surface area contributed by atoms with Gasteiger partial charge < -0.3 is 37.9 Å². The number of fused-ring (bicyclic) bond motifs is 2. The van der Waals surface area contributed by atoms with Gasteiger partial charge in [-0.3, -0.25) is 28.8 Å². The smallest absolute Gasteiger partial charge is 0.311 e. The van der Waals surface area contributed by atoms with Crippen LogP contribution in [-0.2, 0) is 66.7 Å². The average Bonchev–Trinajstić information content (AvgIpc) is 4.16. The lowest BCUT2D eigenvalue weighted by molar-refractivity contribution is -0.150. The van der Waals surface area contributed by atoms with Crippen molar-refractivity contribution in [1.29, 1.82) is 0 Å². The van der Waals surface area contributed by atoms with Crippen molar-refractivity contribution in [3.8, 4) is 0 Å². The van der Waals surface area contributed by atoms with Crippen LogP contribution in [0, 0.1) is 11.8 Å². The van der Waals surface area contributed by atoms with Crippen molar-refractivity contribution in [2.45, 2.75) is 191 Å². The van der Waals surface area contributed by atoms with E-state index in [-0.39, 0.29) is 53.9 Å². The lowest BCUT2D eigenvalue weighted by Gasteiger charge is -2.17. The first-order valence-electron chi connectivity index (χ1n) is 22.6. The number of epoxide rings is 2. The number of carbonyl (C=O) groups excluding carboxylic acids is 6. The van der Waals surface area contributed by atoms with E-state index in [1.165, 1.54) is 0 Å². The maximum atomic E-state index is 12.2. The summed E-state index contributed by atoms with van der Waals surface area (Å²) in [5.74, 6) is -1.04. The summed E-state index contributed by atoms with van der Waals surface area (Å²) >= 11 is 0. The minimum atomic E-state index is -0.248. The molecule has 0 amide bonds. The van der Waals surface area contributed by atoms with Crippen LogP contribution in [0.3, 0.4) is 0 Å². The maximum Gasteiger partial charge on any atom is 0.311 e. The van der Waals surface area contributed by atoms with E-state index in [1.807, 2.05) is 0 Å². The Morgan fingerprint density at radius 2 is 0.741 bits per heavy atom. The van der Waals surface area contributed by atoms with Crippen molar-refractivity contribution in [1.82, 2.24) is 0 Å². The number of hydrogen-bond acceptors (Lipinski definition) is 14. The normalized spacial score (nSPS) is 22.8. The molecule has 4 rings (SSSR count). The van der Waals surface area contributed by atoms with Gasteiger partial charge >= 0.3 is 35.8 Å². The second-order valence-electron chi connectivity index (χ2n) is 16.3. The molecule has 14 nitrogen and oxygen atoms in total. The molecule has 4 fully saturated rings. The highest BCUT2D eigenvalue weighted by molar-refractivity contribution is 5.74. The van der Waals surface area contributed by atoms with Crippen LogP contribution in [-0.4, -0.2) is 99.9 Å². The summed E-state index contributed by atoms with van der Waals surface area (Å²) in [6.07, 6.45) is 19.7. The Morgan fingerprint density at radius 1 is 0.379 bits per heavy atom. The molecule has 6 atom stereocenters. The van der Waals surface area contributed by atoms with Crippen molar-refractivity contribution in [2.24, 2.45) is 11.8 Å². The molecular weight excluding hydrogens is 752 g/mol.